The summed E-state index contributed by atoms with van der Waals surface area (Å²) in [6, 6.07) is 42.1. The molecule has 1 heterocycles. The van der Waals surface area contributed by atoms with E-state index in [1.165, 1.54) is 67.1 Å². The summed E-state index contributed by atoms with van der Waals surface area (Å²) in [5, 5.41) is 0. The minimum Gasteiger partial charge on any atom is -0.225 e. The first kappa shape index (κ1) is 26.8. The van der Waals surface area contributed by atoms with Crippen LogP contribution in [0, 0.1) is 6.92 Å². The van der Waals surface area contributed by atoms with Crippen LogP contribution in [0.1, 0.15) is 56.2 Å². The number of hydrogen-bond donors (Lipinski definition) is 0. The Morgan fingerprint density at radius 3 is 1.68 bits per heavy atom. The fraction of sp³-hybridized carbons (Fsp3) is 0.205. The van der Waals surface area contributed by atoms with Gasteiger partial charge in [0.05, 0.1) is 12.6 Å². The lowest BCUT2D eigenvalue weighted by molar-refractivity contribution is -0.633. The minimum atomic E-state index is 0.349. The van der Waals surface area contributed by atoms with Gasteiger partial charge in [-0.3, -0.25) is 0 Å². The number of aromatic nitrogens is 2. The molecular weight excluding hydrogens is 496 g/mol. The summed E-state index contributed by atoms with van der Waals surface area (Å²) in [7, 11) is 2.21. The third-order valence-corrected chi connectivity index (χ3v) is 8.34. The zero-order valence-corrected chi connectivity index (χ0v) is 25.0. The molecular formula is C39H39N2+. The van der Waals surface area contributed by atoms with Gasteiger partial charge in [-0.15, -0.1) is 0 Å². The predicted octanol–water partition coefficient (Wildman–Crippen LogP) is 10.0. The second kappa shape index (κ2) is 10.9. The third-order valence-electron chi connectivity index (χ3n) is 8.34. The van der Waals surface area contributed by atoms with Crippen molar-refractivity contribution < 1.29 is 4.57 Å². The van der Waals surface area contributed by atoms with Crippen LogP contribution >= 0.6 is 0 Å². The number of imidazole rings is 1. The van der Waals surface area contributed by atoms with E-state index >= 15 is 0 Å². The van der Waals surface area contributed by atoms with Gasteiger partial charge in [-0.2, -0.15) is 4.57 Å². The van der Waals surface area contributed by atoms with Crippen LogP contribution in [0.15, 0.2) is 115 Å². The number of aryl methyl sites for hydroxylation is 2. The zero-order chi connectivity index (χ0) is 28.7. The second-order valence-corrected chi connectivity index (χ2v) is 11.8. The standard InChI is InChI=1S/C39H39N2/c1-26(2)33-24-32(30-17-11-8-12-18-30)25-34(27(3)4)38(33)41-37-20-14-13-19-36(37)40(6)39(41)35-23-31(22-21-28(35)5)29-15-9-7-10-16-29/h7-27H,1-6H3/q+1. The fourth-order valence-electron chi connectivity index (χ4n) is 6.13. The molecule has 1 aromatic heterocycles. The SMILES string of the molecule is Cc1ccc(-c2ccccc2)cc1-c1n(-c2c(C(C)C)cc(-c3ccccc3)cc2C(C)C)c2ccccc2[n+]1C. The maximum Gasteiger partial charge on any atom is 0.295 e. The van der Waals surface area contributed by atoms with Crippen LogP contribution in [0.4, 0.5) is 0 Å². The van der Waals surface area contributed by atoms with Gasteiger partial charge in [0.2, 0.25) is 0 Å². The lowest BCUT2D eigenvalue weighted by atomic mass is 9.88. The third kappa shape index (κ3) is 4.78. The quantitative estimate of drug-likeness (QED) is 0.188. The summed E-state index contributed by atoms with van der Waals surface area (Å²) in [5.74, 6) is 1.90. The lowest BCUT2D eigenvalue weighted by Gasteiger charge is -2.21. The number of nitrogens with zero attached hydrogens (tertiary/aromatic N) is 2. The Morgan fingerprint density at radius 2 is 1.10 bits per heavy atom. The number of rotatable bonds is 6. The highest BCUT2D eigenvalue weighted by Gasteiger charge is 2.32. The van der Waals surface area contributed by atoms with Crippen LogP contribution < -0.4 is 4.57 Å². The average Bonchev–Trinajstić information content (AvgIpc) is 3.29. The van der Waals surface area contributed by atoms with Crippen LogP contribution in [-0.4, -0.2) is 4.57 Å². The molecule has 0 saturated heterocycles. The highest BCUT2D eigenvalue weighted by molar-refractivity contribution is 5.83. The van der Waals surface area contributed by atoms with E-state index in [0.29, 0.717) is 11.8 Å². The molecule has 0 fully saturated rings. The molecule has 0 saturated carbocycles. The summed E-state index contributed by atoms with van der Waals surface area (Å²) in [4.78, 5) is 0. The van der Waals surface area contributed by atoms with Gasteiger partial charge in [0.15, 0.2) is 11.0 Å². The van der Waals surface area contributed by atoms with Gasteiger partial charge in [-0.1, -0.05) is 113 Å². The topological polar surface area (TPSA) is 8.81 Å². The normalized spacial score (nSPS) is 11.6. The first-order valence-electron chi connectivity index (χ1n) is 14.7. The summed E-state index contributed by atoms with van der Waals surface area (Å²) < 4.78 is 4.93. The van der Waals surface area contributed by atoms with Gasteiger partial charge >= 0.3 is 0 Å². The Morgan fingerprint density at radius 1 is 0.561 bits per heavy atom. The van der Waals surface area contributed by atoms with Crippen LogP contribution in [0.5, 0.6) is 0 Å². The molecule has 0 aliphatic carbocycles. The molecule has 0 N–H and O–H groups in total. The molecule has 204 valence electrons. The van der Waals surface area contributed by atoms with Crippen LogP contribution in [0.25, 0.3) is 50.4 Å². The molecule has 0 atom stereocenters. The largest absolute Gasteiger partial charge is 0.295 e. The van der Waals surface area contributed by atoms with E-state index < -0.39 is 0 Å². The van der Waals surface area contributed by atoms with E-state index in [9.17, 15) is 0 Å². The highest BCUT2D eigenvalue weighted by Crippen LogP contribution is 2.40. The van der Waals surface area contributed by atoms with Crippen molar-refractivity contribution in [1.82, 2.24) is 4.57 Å². The molecule has 2 heteroatoms. The molecule has 5 aromatic carbocycles. The Balaban J connectivity index is 1.72. The molecule has 0 spiro atoms. The van der Waals surface area contributed by atoms with E-state index in [1.807, 2.05) is 0 Å². The van der Waals surface area contributed by atoms with E-state index in [0.717, 1.165) is 0 Å². The molecule has 0 aliphatic heterocycles. The van der Waals surface area contributed by atoms with Crippen molar-refractivity contribution in [3.05, 3.63) is 132 Å². The molecule has 6 aromatic rings. The lowest BCUT2D eigenvalue weighted by Crippen LogP contribution is -2.30. The summed E-state index contributed by atoms with van der Waals surface area (Å²) >= 11 is 0. The maximum atomic E-state index is 2.55. The Bertz CT molecular complexity index is 1810. The van der Waals surface area contributed by atoms with Crippen molar-refractivity contribution in [2.24, 2.45) is 7.05 Å². The van der Waals surface area contributed by atoms with Crippen molar-refractivity contribution in [2.75, 3.05) is 0 Å². The van der Waals surface area contributed by atoms with E-state index in [2.05, 4.69) is 166 Å². The molecule has 41 heavy (non-hydrogen) atoms. The molecule has 0 amide bonds. The Kier molecular flexibility index (Phi) is 7.09. The Labute approximate surface area is 244 Å². The smallest absolute Gasteiger partial charge is 0.225 e. The fourth-order valence-corrected chi connectivity index (χ4v) is 6.13. The first-order valence-corrected chi connectivity index (χ1v) is 14.7. The van der Waals surface area contributed by atoms with E-state index in [1.54, 1.807) is 0 Å². The van der Waals surface area contributed by atoms with Crippen LogP contribution in [0.3, 0.4) is 0 Å². The van der Waals surface area contributed by atoms with Gasteiger partial charge in [-0.05, 0) is 76.9 Å². The second-order valence-electron chi connectivity index (χ2n) is 11.8. The van der Waals surface area contributed by atoms with Crippen LogP contribution in [0.2, 0.25) is 0 Å². The summed E-state index contributed by atoms with van der Waals surface area (Å²) in [5.41, 5.74) is 14.0. The minimum absolute atomic E-state index is 0.349. The monoisotopic (exact) mass is 535 g/mol. The van der Waals surface area contributed by atoms with Gasteiger partial charge in [0.25, 0.3) is 5.82 Å². The van der Waals surface area contributed by atoms with Crippen LogP contribution in [-0.2, 0) is 7.05 Å². The van der Waals surface area contributed by atoms with Gasteiger partial charge in [0, 0.05) is 11.1 Å². The number of hydrogen-bond acceptors (Lipinski definition) is 0. The number of para-hydroxylation sites is 2. The van der Waals surface area contributed by atoms with Gasteiger partial charge in [0.1, 0.15) is 5.69 Å². The van der Waals surface area contributed by atoms with Crippen molar-refractivity contribution in [3.63, 3.8) is 0 Å². The van der Waals surface area contributed by atoms with Crippen molar-refractivity contribution in [1.29, 1.82) is 0 Å². The highest BCUT2D eigenvalue weighted by atomic mass is 15.2. The summed E-state index contributed by atoms with van der Waals surface area (Å²) in [6.45, 7) is 11.5. The van der Waals surface area contributed by atoms with E-state index in [4.69, 9.17) is 0 Å². The van der Waals surface area contributed by atoms with Gasteiger partial charge < -0.3 is 0 Å². The van der Waals surface area contributed by atoms with Gasteiger partial charge in [-0.25, -0.2) is 4.57 Å². The first-order chi connectivity index (χ1) is 19.8. The number of benzene rings is 5. The molecule has 6 rings (SSSR count). The number of fused-ring (bicyclic) bond motifs is 1. The van der Waals surface area contributed by atoms with Crippen molar-refractivity contribution in [2.45, 2.75) is 46.5 Å². The molecule has 2 nitrogen and oxygen atoms in total. The predicted molar refractivity (Wildman–Crippen MR) is 174 cm³/mol. The molecule has 0 radical (unpaired) electrons. The Hall–Kier alpha value is -4.43. The molecule has 0 bridgehead atoms. The molecule has 0 unspecified atom stereocenters. The van der Waals surface area contributed by atoms with Crippen molar-refractivity contribution in [3.8, 4) is 39.3 Å². The maximum absolute atomic E-state index is 2.55. The molecule has 0 aliphatic rings. The zero-order valence-electron chi connectivity index (χ0n) is 25.0. The van der Waals surface area contributed by atoms with Crippen molar-refractivity contribution >= 4 is 11.0 Å². The summed E-state index contributed by atoms with van der Waals surface area (Å²) in [6.07, 6.45) is 0. The average molecular weight is 536 g/mol. The van der Waals surface area contributed by atoms with E-state index in [-0.39, 0.29) is 0 Å².